The molecule has 2 N–H and O–H groups in total. The van der Waals surface area contributed by atoms with Gasteiger partial charge in [0.1, 0.15) is 0 Å². The molecule has 0 fully saturated rings. The summed E-state index contributed by atoms with van der Waals surface area (Å²) in [6.07, 6.45) is 3.70. The molecule has 0 bridgehead atoms. The van der Waals surface area contributed by atoms with Crippen molar-refractivity contribution in [3.05, 3.63) is 39.8 Å². The number of benzene rings is 1. The van der Waals surface area contributed by atoms with Crippen LogP contribution < -0.4 is 20.3 Å². The number of rotatable bonds is 4. The summed E-state index contributed by atoms with van der Waals surface area (Å²) in [6.45, 7) is 0.194. The third-order valence-corrected chi connectivity index (χ3v) is 5.04. The van der Waals surface area contributed by atoms with Crippen molar-refractivity contribution in [1.82, 2.24) is 9.97 Å². The molecule has 0 saturated carbocycles. The van der Waals surface area contributed by atoms with Crippen LogP contribution in [0.3, 0.4) is 0 Å². The Morgan fingerprint density at radius 2 is 2.08 bits per heavy atom. The lowest BCUT2D eigenvalue weighted by molar-refractivity contribution is -0.113. The Kier molecular flexibility index (Phi) is 4.35. The summed E-state index contributed by atoms with van der Waals surface area (Å²) in [7, 11) is 0. The molecule has 0 spiro atoms. The monoisotopic (exact) mass is 359 g/mol. The predicted molar refractivity (Wildman–Crippen MR) is 93.4 cm³/mol. The van der Waals surface area contributed by atoms with Crippen molar-refractivity contribution < 1.29 is 14.3 Å². The molecule has 1 amide bonds. The minimum Gasteiger partial charge on any atom is -0.454 e. The van der Waals surface area contributed by atoms with Crippen LogP contribution >= 0.6 is 11.8 Å². The number of fused-ring (bicyclic) bond motifs is 2. The normalized spacial score (nSPS) is 14.9. The number of nitrogens with zero attached hydrogens (tertiary/aromatic N) is 1. The Bertz CT molecular complexity index is 881. The predicted octanol–water partition coefficient (Wildman–Crippen LogP) is 2.11. The van der Waals surface area contributed by atoms with E-state index in [9.17, 15) is 9.59 Å². The minimum atomic E-state index is -0.177. The van der Waals surface area contributed by atoms with Gasteiger partial charge in [0.05, 0.1) is 11.4 Å². The van der Waals surface area contributed by atoms with Gasteiger partial charge in [0.2, 0.25) is 12.7 Å². The van der Waals surface area contributed by atoms with E-state index in [2.05, 4.69) is 15.3 Å². The van der Waals surface area contributed by atoms with Crippen LogP contribution in [0, 0.1) is 0 Å². The maximum Gasteiger partial charge on any atom is 0.254 e. The number of amides is 1. The molecular formula is C17H17N3O4S. The van der Waals surface area contributed by atoms with Crippen LogP contribution in [0.5, 0.6) is 11.5 Å². The Morgan fingerprint density at radius 3 is 3.00 bits per heavy atom. The molecule has 2 aliphatic rings. The second-order valence-corrected chi connectivity index (χ2v) is 6.87. The summed E-state index contributed by atoms with van der Waals surface area (Å²) in [4.78, 5) is 31.5. The van der Waals surface area contributed by atoms with Crippen LogP contribution in [0.4, 0.5) is 5.69 Å². The van der Waals surface area contributed by atoms with Crippen molar-refractivity contribution in [3.63, 3.8) is 0 Å². The van der Waals surface area contributed by atoms with Gasteiger partial charge in [-0.05, 0) is 37.8 Å². The molecule has 1 aromatic carbocycles. The van der Waals surface area contributed by atoms with Crippen molar-refractivity contribution in [2.24, 2.45) is 0 Å². The zero-order valence-electron chi connectivity index (χ0n) is 13.5. The van der Waals surface area contributed by atoms with Gasteiger partial charge in [-0.1, -0.05) is 11.8 Å². The highest BCUT2D eigenvalue weighted by molar-refractivity contribution is 7.99. The van der Waals surface area contributed by atoms with E-state index < -0.39 is 0 Å². The zero-order chi connectivity index (χ0) is 17.2. The number of hydrogen-bond acceptors (Lipinski definition) is 6. The summed E-state index contributed by atoms with van der Waals surface area (Å²) in [5.74, 6) is 1.27. The number of aromatic nitrogens is 2. The van der Waals surface area contributed by atoms with Crippen molar-refractivity contribution >= 4 is 23.4 Å². The second-order valence-electron chi connectivity index (χ2n) is 5.91. The summed E-state index contributed by atoms with van der Waals surface area (Å²) in [6, 6.07) is 5.24. The summed E-state index contributed by atoms with van der Waals surface area (Å²) >= 11 is 1.23. The zero-order valence-corrected chi connectivity index (χ0v) is 14.3. The highest BCUT2D eigenvalue weighted by Crippen LogP contribution is 2.34. The average Bonchev–Trinajstić information content (AvgIpc) is 3.08. The van der Waals surface area contributed by atoms with Gasteiger partial charge in [0.15, 0.2) is 16.7 Å². The number of anilines is 1. The molecule has 25 heavy (non-hydrogen) atoms. The van der Waals surface area contributed by atoms with Crippen LogP contribution in [0.1, 0.15) is 24.1 Å². The fraction of sp³-hybridized carbons (Fsp3) is 0.353. The van der Waals surface area contributed by atoms with Crippen molar-refractivity contribution in [2.75, 3.05) is 17.9 Å². The maximum atomic E-state index is 12.1. The minimum absolute atomic E-state index is 0.0802. The van der Waals surface area contributed by atoms with Gasteiger partial charge in [0.25, 0.3) is 5.56 Å². The first-order chi connectivity index (χ1) is 12.2. The fourth-order valence-corrected chi connectivity index (χ4v) is 3.63. The van der Waals surface area contributed by atoms with E-state index in [0.29, 0.717) is 22.3 Å². The Balaban J connectivity index is 1.39. The number of H-pyrrole nitrogens is 1. The van der Waals surface area contributed by atoms with Crippen molar-refractivity contribution in [1.29, 1.82) is 0 Å². The lowest BCUT2D eigenvalue weighted by atomic mass is 9.97. The molecule has 0 unspecified atom stereocenters. The van der Waals surface area contributed by atoms with Gasteiger partial charge in [-0.15, -0.1) is 0 Å². The average molecular weight is 359 g/mol. The molecule has 0 radical (unpaired) electrons. The molecule has 2 aromatic rings. The summed E-state index contributed by atoms with van der Waals surface area (Å²) < 4.78 is 10.5. The molecule has 0 atom stereocenters. The number of ether oxygens (including phenoxy) is 2. The molecule has 1 aromatic heterocycles. The number of thioether (sulfide) groups is 1. The Morgan fingerprint density at radius 1 is 1.24 bits per heavy atom. The quantitative estimate of drug-likeness (QED) is 0.641. The van der Waals surface area contributed by atoms with E-state index in [1.807, 2.05) is 0 Å². The molecule has 130 valence electrons. The largest absolute Gasteiger partial charge is 0.454 e. The molecule has 1 aliphatic heterocycles. The van der Waals surface area contributed by atoms with Crippen LogP contribution in [0.15, 0.2) is 28.2 Å². The van der Waals surface area contributed by atoms with Gasteiger partial charge < -0.3 is 19.8 Å². The lowest BCUT2D eigenvalue weighted by Crippen LogP contribution is -2.22. The molecular weight excluding hydrogens is 342 g/mol. The third kappa shape index (κ3) is 3.48. The SMILES string of the molecule is O=C(CSc1nc2c(c(=O)[nH]1)CCCC2)Nc1ccc2c(c1)OCO2. The van der Waals surface area contributed by atoms with Gasteiger partial charge in [-0.25, -0.2) is 4.98 Å². The van der Waals surface area contributed by atoms with Gasteiger partial charge >= 0.3 is 0 Å². The number of aryl methyl sites for hydroxylation is 1. The number of carbonyl (C=O) groups excluding carboxylic acids is 1. The van der Waals surface area contributed by atoms with E-state index >= 15 is 0 Å². The van der Waals surface area contributed by atoms with Gasteiger partial charge in [0, 0.05) is 17.3 Å². The topological polar surface area (TPSA) is 93.3 Å². The standard InChI is InChI=1S/C17H17N3O4S/c21-15(18-10-5-6-13-14(7-10)24-9-23-13)8-25-17-19-12-4-2-1-3-11(12)16(22)20-17/h5-7H,1-4,8-9H2,(H,18,21)(H,19,20,22). The second kappa shape index (κ2) is 6.79. The summed E-state index contributed by atoms with van der Waals surface area (Å²) in [5.41, 5.74) is 2.22. The fourth-order valence-electron chi connectivity index (χ4n) is 2.95. The van der Waals surface area contributed by atoms with Crippen LogP contribution in [0.2, 0.25) is 0 Å². The lowest BCUT2D eigenvalue weighted by Gasteiger charge is -2.14. The van der Waals surface area contributed by atoms with Crippen LogP contribution in [0.25, 0.3) is 0 Å². The molecule has 4 rings (SSSR count). The molecule has 0 saturated heterocycles. The van der Waals surface area contributed by atoms with Gasteiger partial charge in [-0.2, -0.15) is 0 Å². The Hall–Kier alpha value is -2.48. The molecule has 7 nitrogen and oxygen atoms in total. The third-order valence-electron chi connectivity index (χ3n) is 4.17. The first-order valence-electron chi connectivity index (χ1n) is 8.13. The molecule has 1 aliphatic carbocycles. The smallest absolute Gasteiger partial charge is 0.254 e. The Labute approximate surface area is 148 Å². The highest BCUT2D eigenvalue weighted by Gasteiger charge is 2.17. The van der Waals surface area contributed by atoms with E-state index in [1.165, 1.54) is 11.8 Å². The van der Waals surface area contributed by atoms with Crippen LogP contribution in [-0.2, 0) is 17.6 Å². The van der Waals surface area contributed by atoms with E-state index in [0.717, 1.165) is 36.9 Å². The van der Waals surface area contributed by atoms with E-state index in [-0.39, 0.29) is 24.0 Å². The first kappa shape index (κ1) is 16.0. The molecule has 2 heterocycles. The van der Waals surface area contributed by atoms with E-state index in [1.54, 1.807) is 18.2 Å². The number of nitrogens with one attached hydrogen (secondary N) is 2. The number of carbonyl (C=O) groups is 1. The van der Waals surface area contributed by atoms with Crippen molar-refractivity contribution in [2.45, 2.75) is 30.8 Å². The molecule has 8 heteroatoms. The number of hydrogen-bond donors (Lipinski definition) is 2. The highest BCUT2D eigenvalue weighted by atomic mass is 32.2. The number of aromatic amines is 1. The van der Waals surface area contributed by atoms with Crippen molar-refractivity contribution in [3.8, 4) is 11.5 Å². The maximum absolute atomic E-state index is 12.1. The van der Waals surface area contributed by atoms with E-state index in [4.69, 9.17) is 9.47 Å². The summed E-state index contributed by atoms with van der Waals surface area (Å²) in [5, 5.41) is 3.30. The van der Waals surface area contributed by atoms with Crippen LogP contribution in [-0.4, -0.2) is 28.4 Å². The first-order valence-corrected chi connectivity index (χ1v) is 9.12. The van der Waals surface area contributed by atoms with Gasteiger partial charge in [-0.3, -0.25) is 9.59 Å².